The molecule has 2 aromatic heterocycles. The van der Waals surface area contributed by atoms with Gasteiger partial charge in [-0.25, -0.2) is 9.67 Å². The minimum absolute atomic E-state index is 0.160. The summed E-state index contributed by atoms with van der Waals surface area (Å²) >= 11 is 9.10. The van der Waals surface area contributed by atoms with Crippen LogP contribution in [0.5, 0.6) is 0 Å². The fraction of sp³-hybridized carbons (Fsp3) is 0.409. The maximum Gasteiger partial charge on any atom is 0.233 e. The number of carbonyl (C=O) groups is 1. The molecule has 1 aliphatic carbocycles. The van der Waals surface area contributed by atoms with E-state index >= 15 is 0 Å². The number of thiophene rings is 1. The van der Waals surface area contributed by atoms with Crippen LogP contribution in [-0.4, -0.2) is 62.4 Å². The van der Waals surface area contributed by atoms with Gasteiger partial charge in [-0.3, -0.25) is 9.69 Å². The lowest BCUT2D eigenvalue weighted by Gasteiger charge is -2.34. The number of benzene rings is 1. The maximum absolute atomic E-state index is 12.8. The second-order valence-electron chi connectivity index (χ2n) is 7.93. The van der Waals surface area contributed by atoms with Crippen LogP contribution in [0.2, 0.25) is 4.34 Å². The number of piperazine rings is 1. The molecule has 2 aliphatic rings. The normalized spacial score (nSPS) is 17.3. The van der Waals surface area contributed by atoms with E-state index in [2.05, 4.69) is 11.0 Å². The van der Waals surface area contributed by atoms with Crippen molar-refractivity contribution < 1.29 is 4.79 Å². The summed E-state index contributed by atoms with van der Waals surface area (Å²) in [5.74, 6) is 2.05. The molecule has 162 valence electrons. The molecule has 0 unspecified atom stereocenters. The van der Waals surface area contributed by atoms with Gasteiger partial charge in [-0.1, -0.05) is 41.6 Å². The third-order valence-corrected chi connectivity index (χ3v) is 7.65. The number of thioether (sulfide) groups is 1. The highest BCUT2D eigenvalue weighted by atomic mass is 35.5. The Morgan fingerprint density at radius 2 is 1.87 bits per heavy atom. The zero-order valence-electron chi connectivity index (χ0n) is 17.1. The first-order valence-electron chi connectivity index (χ1n) is 10.6. The lowest BCUT2D eigenvalue weighted by molar-refractivity contribution is -0.130. The highest BCUT2D eigenvalue weighted by Crippen LogP contribution is 2.40. The number of hydrogen-bond acceptors (Lipinski definition) is 6. The van der Waals surface area contributed by atoms with E-state index in [0.29, 0.717) is 16.8 Å². The minimum atomic E-state index is 0.160. The van der Waals surface area contributed by atoms with Crippen LogP contribution >= 0.6 is 34.7 Å². The minimum Gasteiger partial charge on any atom is -0.339 e. The molecule has 1 aromatic carbocycles. The summed E-state index contributed by atoms with van der Waals surface area (Å²) in [6.07, 6.45) is 2.33. The first-order chi connectivity index (χ1) is 15.2. The van der Waals surface area contributed by atoms with E-state index in [1.807, 2.05) is 46.0 Å². The van der Waals surface area contributed by atoms with Crippen LogP contribution in [0.25, 0.3) is 5.69 Å². The average Bonchev–Trinajstić information content (AvgIpc) is 3.43. The topological polar surface area (TPSA) is 54.3 Å². The van der Waals surface area contributed by atoms with Crippen molar-refractivity contribution in [3.8, 4) is 5.69 Å². The molecule has 6 nitrogen and oxygen atoms in total. The van der Waals surface area contributed by atoms with Crippen molar-refractivity contribution in [2.24, 2.45) is 0 Å². The van der Waals surface area contributed by atoms with Gasteiger partial charge >= 0.3 is 0 Å². The third-order valence-electron chi connectivity index (χ3n) is 5.61. The molecular formula is C22H24ClN5OS2. The van der Waals surface area contributed by atoms with Crippen LogP contribution in [0.3, 0.4) is 0 Å². The molecule has 1 aliphatic heterocycles. The average molecular weight is 474 g/mol. The summed E-state index contributed by atoms with van der Waals surface area (Å²) in [5.41, 5.74) is 1.03. The maximum atomic E-state index is 12.8. The molecule has 1 amide bonds. The summed E-state index contributed by atoms with van der Waals surface area (Å²) in [6.45, 7) is 4.20. The first kappa shape index (κ1) is 21.0. The SMILES string of the molecule is O=C(CSc1nc(C2CC2)n(-c2ccccc2)n1)N1CCN(Cc2ccc(Cl)s2)CC1. The Bertz CT molecular complexity index is 1040. The summed E-state index contributed by atoms with van der Waals surface area (Å²) in [7, 11) is 0. The molecule has 5 rings (SSSR count). The molecule has 1 saturated carbocycles. The lowest BCUT2D eigenvalue weighted by atomic mass is 10.3. The van der Waals surface area contributed by atoms with E-state index in [1.165, 1.54) is 16.6 Å². The van der Waals surface area contributed by atoms with Gasteiger partial charge in [0.1, 0.15) is 5.82 Å². The van der Waals surface area contributed by atoms with Gasteiger partial charge in [0.05, 0.1) is 15.8 Å². The van der Waals surface area contributed by atoms with Crippen LogP contribution in [0.1, 0.15) is 29.5 Å². The predicted octanol–water partition coefficient (Wildman–Crippen LogP) is 4.30. The number of rotatable bonds is 7. The largest absolute Gasteiger partial charge is 0.339 e. The number of hydrogen-bond donors (Lipinski definition) is 0. The van der Waals surface area contributed by atoms with Crippen LogP contribution in [0.4, 0.5) is 0 Å². The van der Waals surface area contributed by atoms with Gasteiger partial charge in [-0.15, -0.1) is 16.4 Å². The summed E-state index contributed by atoms with van der Waals surface area (Å²) in [5, 5.41) is 5.39. The van der Waals surface area contributed by atoms with E-state index in [4.69, 9.17) is 21.7 Å². The highest BCUT2D eigenvalue weighted by molar-refractivity contribution is 7.99. The van der Waals surface area contributed by atoms with Crippen molar-refractivity contribution in [2.45, 2.75) is 30.5 Å². The Hall–Kier alpha value is -1.87. The zero-order chi connectivity index (χ0) is 21.2. The molecule has 0 radical (unpaired) electrons. The summed E-state index contributed by atoms with van der Waals surface area (Å²) in [6, 6.07) is 14.1. The van der Waals surface area contributed by atoms with Gasteiger partial charge in [0.25, 0.3) is 0 Å². The Balaban J connectivity index is 1.15. The first-order valence-corrected chi connectivity index (χ1v) is 12.7. The van der Waals surface area contributed by atoms with Gasteiger partial charge < -0.3 is 4.90 Å². The molecular weight excluding hydrogens is 450 g/mol. The van der Waals surface area contributed by atoms with Crippen LogP contribution in [0.15, 0.2) is 47.6 Å². The number of carbonyl (C=O) groups excluding carboxylic acids is 1. The Morgan fingerprint density at radius 3 is 2.55 bits per heavy atom. The summed E-state index contributed by atoms with van der Waals surface area (Å²) < 4.78 is 2.77. The van der Waals surface area contributed by atoms with Crippen molar-refractivity contribution in [1.29, 1.82) is 0 Å². The van der Waals surface area contributed by atoms with Crippen LogP contribution in [0, 0.1) is 0 Å². The zero-order valence-corrected chi connectivity index (χ0v) is 19.5. The van der Waals surface area contributed by atoms with E-state index in [9.17, 15) is 4.79 Å². The molecule has 3 heterocycles. The quantitative estimate of drug-likeness (QED) is 0.479. The molecule has 0 spiro atoms. The van der Waals surface area contributed by atoms with Gasteiger partial charge in [0, 0.05) is 43.5 Å². The van der Waals surface area contributed by atoms with Gasteiger partial charge in [0.15, 0.2) is 0 Å². The standard InChI is InChI=1S/C22H24ClN5OS2/c23-19-9-8-18(31-19)14-26-10-12-27(13-11-26)20(29)15-30-22-24-21(16-6-7-16)28(25-22)17-4-2-1-3-5-17/h1-5,8-9,16H,6-7,10-15H2. The van der Waals surface area contributed by atoms with E-state index in [0.717, 1.165) is 61.4 Å². The number of aromatic nitrogens is 3. The Kier molecular flexibility index (Phi) is 6.31. The Labute approximate surface area is 195 Å². The van der Waals surface area contributed by atoms with Crippen LogP contribution < -0.4 is 0 Å². The second-order valence-corrected chi connectivity index (χ2v) is 10.7. The monoisotopic (exact) mass is 473 g/mol. The van der Waals surface area contributed by atoms with Gasteiger partial charge in [-0.05, 0) is 37.1 Å². The van der Waals surface area contributed by atoms with Crippen molar-refractivity contribution >= 4 is 40.6 Å². The predicted molar refractivity (Wildman–Crippen MR) is 125 cm³/mol. The molecule has 0 N–H and O–H groups in total. The van der Waals surface area contributed by atoms with E-state index in [1.54, 1.807) is 11.3 Å². The van der Waals surface area contributed by atoms with Gasteiger partial charge in [-0.2, -0.15) is 0 Å². The smallest absolute Gasteiger partial charge is 0.233 e. The molecule has 2 fully saturated rings. The fourth-order valence-corrected chi connectivity index (χ4v) is 5.62. The highest BCUT2D eigenvalue weighted by Gasteiger charge is 2.31. The van der Waals surface area contributed by atoms with Gasteiger partial charge in [0.2, 0.25) is 11.1 Å². The molecule has 1 saturated heterocycles. The number of amides is 1. The van der Waals surface area contributed by atoms with E-state index < -0.39 is 0 Å². The van der Waals surface area contributed by atoms with E-state index in [-0.39, 0.29) is 5.91 Å². The molecule has 0 atom stereocenters. The van der Waals surface area contributed by atoms with Crippen molar-refractivity contribution in [3.05, 3.63) is 57.5 Å². The number of halogens is 1. The third kappa shape index (κ3) is 5.14. The van der Waals surface area contributed by atoms with Crippen molar-refractivity contribution in [1.82, 2.24) is 24.6 Å². The van der Waals surface area contributed by atoms with Crippen molar-refractivity contribution in [3.63, 3.8) is 0 Å². The van der Waals surface area contributed by atoms with Crippen molar-refractivity contribution in [2.75, 3.05) is 31.9 Å². The molecule has 0 bridgehead atoms. The molecule has 31 heavy (non-hydrogen) atoms. The fourth-order valence-electron chi connectivity index (χ4n) is 3.76. The van der Waals surface area contributed by atoms with Crippen LogP contribution in [-0.2, 0) is 11.3 Å². The number of nitrogens with zero attached hydrogens (tertiary/aromatic N) is 5. The molecule has 9 heteroatoms. The molecule has 3 aromatic rings. The summed E-state index contributed by atoms with van der Waals surface area (Å²) in [4.78, 5) is 23.1. The second kappa shape index (κ2) is 9.32. The lowest BCUT2D eigenvalue weighted by Crippen LogP contribution is -2.48. The Morgan fingerprint density at radius 1 is 1.10 bits per heavy atom. The number of para-hydroxylation sites is 1.